The Kier molecular flexibility index (Phi) is 6.32. The number of unbranched alkanes of at least 4 members (excludes halogenated alkanes) is 7. The molecule has 0 aliphatic heterocycles. The predicted molar refractivity (Wildman–Crippen MR) is 91.3 cm³/mol. The molecule has 0 unspecified atom stereocenters. The molecule has 1 aromatic heterocycles. The summed E-state index contributed by atoms with van der Waals surface area (Å²) in [7, 11) is 0. The highest BCUT2D eigenvalue weighted by molar-refractivity contribution is 5.86. The van der Waals surface area contributed by atoms with E-state index in [0.29, 0.717) is 0 Å². The Morgan fingerprint density at radius 3 is 2.48 bits per heavy atom. The number of anilines is 1. The lowest BCUT2D eigenvalue weighted by Crippen LogP contribution is -1.89. The van der Waals surface area contributed by atoms with E-state index in [0.717, 1.165) is 35.4 Å². The van der Waals surface area contributed by atoms with Gasteiger partial charge in [0, 0.05) is 6.42 Å². The lowest BCUT2D eigenvalue weighted by Gasteiger charge is -2.00. The Hall–Kier alpha value is -1.77. The Morgan fingerprint density at radius 2 is 1.76 bits per heavy atom. The summed E-state index contributed by atoms with van der Waals surface area (Å²) < 4.78 is 0. The number of allylic oxidation sites excluding steroid dienone is 1. The molecule has 0 atom stereocenters. The number of hydrogen-bond acceptors (Lipinski definition) is 2. The molecule has 1 heterocycles. The molecular formula is C18H27N3. The van der Waals surface area contributed by atoms with Crippen LogP contribution in [0.4, 0.5) is 5.69 Å². The molecule has 1 aromatic carbocycles. The van der Waals surface area contributed by atoms with E-state index in [9.17, 15) is 0 Å². The molecule has 0 aliphatic rings. The summed E-state index contributed by atoms with van der Waals surface area (Å²) in [5.41, 5.74) is 8.64. The van der Waals surface area contributed by atoms with Crippen LogP contribution < -0.4 is 5.73 Å². The van der Waals surface area contributed by atoms with Gasteiger partial charge in [-0.05, 0) is 31.4 Å². The zero-order valence-electron chi connectivity index (χ0n) is 12.9. The number of fused-ring (bicyclic) bond motifs is 1. The van der Waals surface area contributed by atoms with E-state index in [-0.39, 0.29) is 0 Å². The molecule has 0 fully saturated rings. The normalized spacial score (nSPS) is 11.0. The first-order valence-electron chi connectivity index (χ1n) is 8.15. The maximum absolute atomic E-state index is 5.93. The van der Waals surface area contributed by atoms with Crippen LogP contribution in [0.1, 0.15) is 57.2 Å². The quantitative estimate of drug-likeness (QED) is 0.367. The number of nitrogens with one attached hydrogen (secondary N) is 1. The van der Waals surface area contributed by atoms with E-state index in [4.69, 9.17) is 5.73 Å². The van der Waals surface area contributed by atoms with Gasteiger partial charge in [0.25, 0.3) is 0 Å². The van der Waals surface area contributed by atoms with Crippen molar-refractivity contribution >= 4 is 16.7 Å². The maximum Gasteiger partial charge on any atom is 0.111 e. The third-order valence-electron chi connectivity index (χ3n) is 3.91. The van der Waals surface area contributed by atoms with Gasteiger partial charge in [0.15, 0.2) is 0 Å². The first-order valence-corrected chi connectivity index (χ1v) is 8.15. The number of hydrogen-bond donors (Lipinski definition) is 2. The van der Waals surface area contributed by atoms with E-state index in [1.807, 2.05) is 24.3 Å². The third kappa shape index (κ3) is 4.92. The second-order valence-corrected chi connectivity index (χ2v) is 5.73. The zero-order chi connectivity index (χ0) is 14.9. The highest BCUT2D eigenvalue weighted by Crippen LogP contribution is 2.19. The summed E-state index contributed by atoms with van der Waals surface area (Å²) in [5.74, 6) is 1.06. The van der Waals surface area contributed by atoms with Crippen molar-refractivity contribution in [1.82, 2.24) is 9.97 Å². The largest absolute Gasteiger partial charge is 0.397 e. The van der Waals surface area contributed by atoms with Gasteiger partial charge in [-0.1, -0.05) is 44.2 Å². The summed E-state index contributed by atoms with van der Waals surface area (Å²) >= 11 is 0. The molecular weight excluding hydrogens is 258 g/mol. The smallest absolute Gasteiger partial charge is 0.111 e. The Bertz CT molecular complexity index is 557. The van der Waals surface area contributed by atoms with E-state index < -0.39 is 0 Å². The number of nitrogens with zero attached hydrogens (tertiary/aromatic N) is 1. The number of H-pyrrole nitrogens is 1. The predicted octanol–water partition coefficient (Wildman–Crippen LogP) is 4.99. The van der Waals surface area contributed by atoms with Crippen LogP contribution in [0.3, 0.4) is 0 Å². The Balaban J connectivity index is 1.62. The fourth-order valence-corrected chi connectivity index (χ4v) is 2.69. The van der Waals surface area contributed by atoms with Crippen LogP contribution in [0.15, 0.2) is 30.9 Å². The number of rotatable bonds is 10. The topological polar surface area (TPSA) is 54.7 Å². The van der Waals surface area contributed by atoms with Gasteiger partial charge in [-0.3, -0.25) is 0 Å². The Labute approximate surface area is 127 Å². The lowest BCUT2D eigenvalue weighted by atomic mass is 10.1. The average Bonchev–Trinajstić information content (AvgIpc) is 2.90. The molecule has 3 heteroatoms. The zero-order valence-corrected chi connectivity index (χ0v) is 12.9. The van der Waals surface area contributed by atoms with Crippen LogP contribution in [-0.4, -0.2) is 9.97 Å². The van der Waals surface area contributed by atoms with Gasteiger partial charge in [-0.2, -0.15) is 0 Å². The second-order valence-electron chi connectivity index (χ2n) is 5.73. The Morgan fingerprint density at radius 1 is 1.05 bits per heavy atom. The number of aromatic nitrogens is 2. The SMILES string of the molecule is C=CCCCCCCCCCc1nc2c(N)cccc2[nH]1. The molecule has 0 radical (unpaired) electrons. The summed E-state index contributed by atoms with van der Waals surface area (Å²) in [5, 5.41) is 0. The molecule has 0 saturated carbocycles. The lowest BCUT2D eigenvalue weighted by molar-refractivity contribution is 0.578. The number of aromatic amines is 1. The van der Waals surface area contributed by atoms with Crippen molar-refractivity contribution in [2.24, 2.45) is 0 Å². The van der Waals surface area contributed by atoms with Crippen molar-refractivity contribution in [1.29, 1.82) is 0 Å². The third-order valence-corrected chi connectivity index (χ3v) is 3.91. The number of imidazole rings is 1. The van der Waals surface area contributed by atoms with E-state index in [1.54, 1.807) is 0 Å². The summed E-state index contributed by atoms with van der Waals surface area (Å²) in [6, 6.07) is 5.90. The van der Waals surface area contributed by atoms with Crippen molar-refractivity contribution in [3.8, 4) is 0 Å². The van der Waals surface area contributed by atoms with E-state index in [2.05, 4.69) is 16.5 Å². The summed E-state index contributed by atoms with van der Waals surface area (Å²) in [4.78, 5) is 7.95. The number of aryl methyl sites for hydroxylation is 1. The average molecular weight is 285 g/mol. The molecule has 114 valence electrons. The van der Waals surface area contributed by atoms with Crippen LogP contribution >= 0.6 is 0 Å². The molecule has 0 amide bonds. The minimum Gasteiger partial charge on any atom is -0.397 e. The van der Waals surface area contributed by atoms with Crippen molar-refractivity contribution in [3.63, 3.8) is 0 Å². The summed E-state index contributed by atoms with van der Waals surface area (Å²) in [6.07, 6.45) is 13.4. The number of nitrogens with two attached hydrogens (primary N) is 1. The van der Waals surface area contributed by atoms with E-state index >= 15 is 0 Å². The van der Waals surface area contributed by atoms with Crippen molar-refractivity contribution < 1.29 is 0 Å². The molecule has 3 N–H and O–H groups in total. The van der Waals surface area contributed by atoms with E-state index in [1.165, 1.54) is 44.9 Å². The highest BCUT2D eigenvalue weighted by Gasteiger charge is 2.04. The molecule has 21 heavy (non-hydrogen) atoms. The van der Waals surface area contributed by atoms with Crippen molar-refractivity contribution in [2.75, 3.05) is 5.73 Å². The standard InChI is InChI=1S/C18H27N3/c1-2-3-4-5-6-7-8-9-10-14-17-20-16-13-11-12-15(19)18(16)21-17/h2,11-13H,1,3-10,14,19H2,(H,20,21). The maximum atomic E-state index is 5.93. The second kappa shape index (κ2) is 8.50. The molecule has 0 saturated heterocycles. The highest BCUT2D eigenvalue weighted by atomic mass is 14.9. The number of para-hydroxylation sites is 1. The van der Waals surface area contributed by atoms with Gasteiger partial charge in [0.2, 0.25) is 0 Å². The minimum absolute atomic E-state index is 0.759. The van der Waals surface area contributed by atoms with Gasteiger partial charge in [0.05, 0.1) is 11.2 Å². The summed E-state index contributed by atoms with van der Waals surface area (Å²) in [6.45, 7) is 3.75. The van der Waals surface area contributed by atoms with Crippen LogP contribution in [0.25, 0.3) is 11.0 Å². The van der Waals surface area contributed by atoms with Crippen molar-refractivity contribution in [2.45, 2.75) is 57.8 Å². The molecule has 2 rings (SSSR count). The fourth-order valence-electron chi connectivity index (χ4n) is 2.69. The molecule has 0 spiro atoms. The first kappa shape index (κ1) is 15.6. The molecule has 2 aromatic rings. The minimum atomic E-state index is 0.759. The van der Waals surface area contributed by atoms with Crippen LogP contribution in [0.2, 0.25) is 0 Å². The molecule has 0 aliphatic carbocycles. The van der Waals surface area contributed by atoms with Crippen molar-refractivity contribution in [3.05, 3.63) is 36.7 Å². The fraction of sp³-hybridized carbons (Fsp3) is 0.500. The first-order chi connectivity index (χ1) is 10.3. The number of benzene rings is 1. The van der Waals surface area contributed by atoms with Crippen LogP contribution in [-0.2, 0) is 6.42 Å². The molecule has 0 bridgehead atoms. The monoisotopic (exact) mass is 285 g/mol. The van der Waals surface area contributed by atoms with Crippen LogP contribution in [0.5, 0.6) is 0 Å². The number of nitrogen functional groups attached to an aromatic ring is 1. The van der Waals surface area contributed by atoms with Gasteiger partial charge >= 0.3 is 0 Å². The van der Waals surface area contributed by atoms with Gasteiger partial charge in [-0.15, -0.1) is 6.58 Å². The van der Waals surface area contributed by atoms with Gasteiger partial charge in [0.1, 0.15) is 11.3 Å². The van der Waals surface area contributed by atoms with Gasteiger partial charge < -0.3 is 10.7 Å². The van der Waals surface area contributed by atoms with Crippen LogP contribution in [0, 0.1) is 0 Å². The van der Waals surface area contributed by atoms with Gasteiger partial charge in [-0.25, -0.2) is 4.98 Å². The molecule has 3 nitrogen and oxygen atoms in total.